The molecule has 1 aromatic heterocycles. The van der Waals surface area contributed by atoms with Crippen LogP contribution in [0.1, 0.15) is 51.7 Å². The third kappa shape index (κ3) is 4.79. The third-order valence-corrected chi connectivity index (χ3v) is 6.40. The van der Waals surface area contributed by atoms with Crippen LogP contribution in [-0.4, -0.2) is 18.7 Å². The summed E-state index contributed by atoms with van der Waals surface area (Å²) in [5.74, 6) is 0.819. The van der Waals surface area contributed by atoms with E-state index in [2.05, 4.69) is 5.32 Å². The van der Waals surface area contributed by atoms with Crippen molar-refractivity contribution in [1.29, 1.82) is 0 Å². The van der Waals surface area contributed by atoms with Crippen LogP contribution in [-0.2, 0) is 19.4 Å². The minimum absolute atomic E-state index is 0.0305. The van der Waals surface area contributed by atoms with Crippen molar-refractivity contribution in [3.05, 3.63) is 81.7 Å². The normalized spacial score (nSPS) is 13.2. The van der Waals surface area contributed by atoms with Gasteiger partial charge in [0.1, 0.15) is 10.8 Å². The summed E-state index contributed by atoms with van der Waals surface area (Å²) in [5.41, 5.74) is 4.03. The van der Waals surface area contributed by atoms with E-state index in [0.717, 1.165) is 46.7 Å². The zero-order chi connectivity index (χ0) is 20.8. The highest BCUT2D eigenvalue weighted by Crippen LogP contribution is 2.39. The molecule has 0 saturated carbocycles. The summed E-state index contributed by atoms with van der Waals surface area (Å²) in [6.45, 7) is 3.14. The van der Waals surface area contributed by atoms with Crippen molar-refractivity contribution >= 4 is 28.5 Å². The Morgan fingerprint density at radius 2 is 1.87 bits per heavy atom. The maximum absolute atomic E-state index is 13.1. The Hall–Kier alpha value is -2.92. The molecule has 0 fully saturated rings. The molecule has 3 aromatic rings. The van der Waals surface area contributed by atoms with Crippen molar-refractivity contribution in [2.75, 3.05) is 6.61 Å². The molecular weight excluding hydrogens is 392 g/mol. The summed E-state index contributed by atoms with van der Waals surface area (Å²) >= 11 is 1.66. The van der Waals surface area contributed by atoms with Gasteiger partial charge in [0.15, 0.2) is 0 Å². The first kappa shape index (κ1) is 20.4. The van der Waals surface area contributed by atoms with Crippen LogP contribution < -0.4 is 10.1 Å². The van der Waals surface area contributed by atoms with Gasteiger partial charge < -0.3 is 10.1 Å². The first-order valence-electron chi connectivity index (χ1n) is 10.5. The number of benzene rings is 2. The van der Waals surface area contributed by atoms with Crippen molar-refractivity contribution in [2.45, 2.75) is 39.2 Å². The Balaban J connectivity index is 1.56. The highest BCUT2D eigenvalue weighted by molar-refractivity contribution is 7.16. The maximum Gasteiger partial charge on any atom is 0.254 e. The quantitative estimate of drug-likeness (QED) is 0.500. The topological polar surface area (TPSA) is 50.7 Å². The highest BCUT2D eigenvalue weighted by Gasteiger charge is 2.25. The minimum atomic E-state index is -0.0305. The number of hydrogen-bond donors (Lipinski definition) is 1. The second kappa shape index (κ2) is 9.72. The van der Waals surface area contributed by atoms with Gasteiger partial charge >= 0.3 is 0 Å². The van der Waals surface area contributed by atoms with Gasteiger partial charge in [-0.15, -0.1) is 11.3 Å². The molecule has 1 aliphatic carbocycles. The number of fused-ring (bicyclic) bond motifs is 1. The first-order valence-corrected chi connectivity index (χ1v) is 11.3. The van der Waals surface area contributed by atoms with Gasteiger partial charge in [-0.05, 0) is 73.6 Å². The molecule has 0 spiro atoms. The van der Waals surface area contributed by atoms with E-state index in [9.17, 15) is 4.79 Å². The Morgan fingerprint density at radius 1 is 1.10 bits per heavy atom. The lowest BCUT2D eigenvalue weighted by Crippen LogP contribution is -2.24. The van der Waals surface area contributed by atoms with E-state index in [1.807, 2.05) is 67.7 Å². The Bertz CT molecular complexity index is 1020. The van der Waals surface area contributed by atoms with E-state index in [0.29, 0.717) is 13.2 Å². The van der Waals surface area contributed by atoms with Crippen LogP contribution in [0.25, 0.3) is 0 Å². The molecule has 0 bridgehead atoms. The lowest BCUT2D eigenvalue weighted by Gasteiger charge is -2.12. The number of aliphatic imine (C=N–C) groups is 1. The van der Waals surface area contributed by atoms with E-state index < -0.39 is 0 Å². The molecule has 1 N–H and O–H groups in total. The number of rotatable bonds is 7. The molecule has 0 saturated heterocycles. The van der Waals surface area contributed by atoms with Crippen molar-refractivity contribution in [3.8, 4) is 5.75 Å². The van der Waals surface area contributed by atoms with E-state index in [-0.39, 0.29) is 5.91 Å². The van der Waals surface area contributed by atoms with Gasteiger partial charge in [-0.2, -0.15) is 0 Å². The summed E-state index contributed by atoms with van der Waals surface area (Å²) < 4.78 is 5.50. The number of nitrogens with one attached hydrogen (secondary N) is 1. The lowest BCUT2D eigenvalue weighted by atomic mass is 9.95. The summed E-state index contributed by atoms with van der Waals surface area (Å²) in [7, 11) is 0. The van der Waals surface area contributed by atoms with E-state index in [1.54, 1.807) is 11.3 Å². The smallest absolute Gasteiger partial charge is 0.254 e. The number of nitrogens with zero attached hydrogens (tertiary/aromatic N) is 1. The van der Waals surface area contributed by atoms with Crippen molar-refractivity contribution < 1.29 is 9.53 Å². The van der Waals surface area contributed by atoms with E-state index in [4.69, 9.17) is 9.73 Å². The molecule has 1 amide bonds. The minimum Gasteiger partial charge on any atom is -0.494 e. The van der Waals surface area contributed by atoms with Crippen LogP contribution in [0, 0.1) is 0 Å². The number of aryl methyl sites for hydroxylation is 1. The fourth-order valence-electron chi connectivity index (χ4n) is 3.69. The number of carbonyl (C=O) groups is 1. The molecule has 2 aromatic carbocycles. The van der Waals surface area contributed by atoms with Gasteiger partial charge in [0.2, 0.25) is 0 Å². The molecule has 4 nitrogen and oxygen atoms in total. The summed E-state index contributed by atoms with van der Waals surface area (Å²) in [6, 6.07) is 17.8. The maximum atomic E-state index is 13.1. The predicted molar refractivity (Wildman–Crippen MR) is 123 cm³/mol. The fourth-order valence-corrected chi connectivity index (χ4v) is 4.92. The monoisotopic (exact) mass is 418 g/mol. The van der Waals surface area contributed by atoms with Crippen LogP contribution in [0.3, 0.4) is 0 Å². The van der Waals surface area contributed by atoms with Crippen LogP contribution in [0.2, 0.25) is 0 Å². The SMILES string of the molecule is CCOc1ccc(C=Nc2sc3c(c2C(=O)NCc2ccccc2)CCCC3)cc1. The molecule has 1 heterocycles. The molecule has 154 valence electrons. The zero-order valence-corrected chi connectivity index (χ0v) is 18.0. The molecule has 0 atom stereocenters. The lowest BCUT2D eigenvalue weighted by molar-refractivity contribution is 0.0951. The van der Waals surface area contributed by atoms with Gasteiger partial charge in [0.25, 0.3) is 5.91 Å². The second-order valence-electron chi connectivity index (χ2n) is 7.32. The summed E-state index contributed by atoms with van der Waals surface area (Å²) in [5, 5.41) is 3.90. The standard InChI is InChI=1S/C25H26N2O2S/c1-2-29-20-14-12-19(13-15-20)17-27-25-23(21-10-6-7-11-22(21)30-25)24(28)26-16-18-8-4-3-5-9-18/h3-5,8-9,12-15,17H,2,6-7,10-11,16H2,1H3,(H,26,28). The van der Waals surface area contributed by atoms with Gasteiger partial charge in [-0.1, -0.05) is 30.3 Å². The number of ether oxygens (including phenoxy) is 1. The van der Waals surface area contributed by atoms with E-state index >= 15 is 0 Å². The van der Waals surface area contributed by atoms with Crippen LogP contribution in [0.5, 0.6) is 5.75 Å². The fraction of sp³-hybridized carbons (Fsp3) is 0.280. The summed E-state index contributed by atoms with van der Waals surface area (Å²) in [4.78, 5) is 19.1. The van der Waals surface area contributed by atoms with Gasteiger partial charge in [-0.25, -0.2) is 4.99 Å². The van der Waals surface area contributed by atoms with Crippen LogP contribution in [0.4, 0.5) is 5.00 Å². The molecule has 0 aliphatic heterocycles. The Morgan fingerprint density at radius 3 is 2.63 bits per heavy atom. The predicted octanol–water partition coefficient (Wildman–Crippen LogP) is 5.71. The van der Waals surface area contributed by atoms with Crippen LogP contribution >= 0.6 is 11.3 Å². The van der Waals surface area contributed by atoms with Gasteiger partial charge in [0.05, 0.1) is 12.2 Å². The van der Waals surface area contributed by atoms with Gasteiger partial charge in [0, 0.05) is 17.6 Å². The summed E-state index contributed by atoms with van der Waals surface area (Å²) in [6.07, 6.45) is 6.14. The molecule has 4 rings (SSSR count). The zero-order valence-electron chi connectivity index (χ0n) is 17.2. The average Bonchev–Trinajstić information content (AvgIpc) is 3.16. The Labute approximate surface area is 181 Å². The molecule has 0 unspecified atom stereocenters. The number of thiophene rings is 1. The second-order valence-corrected chi connectivity index (χ2v) is 8.40. The number of amides is 1. The third-order valence-electron chi connectivity index (χ3n) is 5.20. The van der Waals surface area contributed by atoms with Crippen molar-refractivity contribution in [3.63, 3.8) is 0 Å². The van der Waals surface area contributed by atoms with Crippen molar-refractivity contribution in [1.82, 2.24) is 5.32 Å². The molecule has 30 heavy (non-hydrogen) atoms. The molecule has 5 heteroatoms. The number of carbonyl (C=O) groups excluding carboxylic acids is 1. The average molecular weight is 419 g/mol. The van der Waals surface area contributed by atoms with E-state index in [1.165, 1.54) is 16.9 Å². The largest absolute Gasteiger partial charge is 0.494 e. The first-order chi connectivity index (χ1) is 14.7. The molecule has 0 radical (unpaired) electrons. The molecular formula is C25H26N2O2S. The molecule has 1 aliphatic rings. The highest BCUT2D eigenvalue weighted by atomic mass is 32.1. The van der Waals surface area contributed by atoms with Gasteiger partial charge in [-0.3, -0.25) is 4.79 Å². The van der Waals surface area contributed by atoms with Crippen molar-refractivity contribution in [2.24, 2.45) is 4.99 Å². The van der Waals surface area contributed by atoms with Crippen LogP contribution in [0.15, 0.2) is 59.6 Å². The number of hydrogen-bond acceptors (Lipinski definition) is 4. The Kier molecular flexibility index (Phi) is 6.60.